The Labute approximate surface area is 101 Å². The standard InChI is InChI=1S/C13H29N3/c1-11(2)9-15-5-7-16(8-6-15)10-13(14)12(3)4/h11-13H,5-10,14H2,1-4H3. The third-order valence-electron chi connectivity index (χ3n) is 3.41. The lowest BCUT2D eigenvalue weighted by Gasteiger charge is -2.37. The Hall–Kier alpha value is -0.120. The molecule has 2 N–H and O–H groups in total. The van der Waals surface area contributed by atoms with Crippen LogP contribution in [-0.2, 0) is 0 Å². The zero-order valence-corrected chi connectivity index (χ0v) is 11.4. The molecule has 3 heteroatoms. The summed E-state index contributed by atoms with van der Waals surface area (Å²) in [6.07, 6.45) is 0. The average Bonchev–Trinajstić information content (AvgIpc) is 2.20. The molecule has 0 spiro atoms. The topological polar surface area (TPSA) is 32.5 Å². The van der Waals surface area contributed by atoms with Gasteiger partial charge >= 0.3 is 0 Å². The summed E-state index contributed by atoms with van der Waals surface area (Å²) in [7, 11) is 0. The van der Waals surface area contributed by atoms with Crippen LogP contribution in [0.15, 0.2) is 0 Å². The van der Waals surface area contributed by atoms with Gasteiger partial charge in [0.15, 0.2) is 0 Å². The molecule has 16 heavy (non-hydrogen) atoms. The van der Waals surface area contributed by atoms with Crippen LogP contribution in [0.2, 0.25) is 0 Å². The lowest BCUT2D eigenvalue weighted by Crippen LogP contribution is -2.51. The van der Waals surface area contributed by atoms with Crippen LogP contribution in [0.25, 0.3) is 0 Å². The number of nitrogens with two attached hydrogens (primary N) is 1. The summed E-state index contributed by atoms with van der Waals surface area (Å²) >= 11 is 0. The molecule has 0 aromatic heterocycles. The molecule has 1 atom stereocenters. The SMILES string of the molecule is CC(C)CN1CCN(CC(N)C(C)C)CC1. The van der Waals surface area contributed by atoms with E-state index in [1.165, 1.54) is 32.7 Å². The number of rotatable bonds is 5. The Bertz CT molecular complexity index is 184. The van der Waals surface area contributed by atoms with Gasteiger partial charge in [-0.15, -0.1) is 0 Å². The molecule has 3 nitrogen and oxygen atoms in total. The second-order valence-corrected chi connectivity index (χ2v) is 5.90. The molecule has 1 aliphatic rings. The zero-order valence-electron chi connectivity index (χ0n) is 11.4. The summed E-state index contributed by atoms with van der Waals surface area (Å²) in [6, 6.07) is 0.330. The number of nitrogens with zero attached hydrogens (tertiary/aromatic N) is 2. The van der Waals surface area contributed by atoms with Gasteiger partial charge in [-0.25, -0.2) is 0 Å². The van der Waals surface area contributed by atoms with Gasteiger partial charge in [-0.3, -0.25) is 4.90 Å². The van der Waals surface area contributed by atoms with Crippen molar-refractivity contribution in [2.75, 3.05) is 39.3 Å². The molecule has 0 aliphatic carbocycles. The fraction of sp³-hybridized carbons (Fsp3) is 1.00. The highest BCUT2D eigenvalue weighted by Gasteiger charge is 2.19. The molecular formula is C13H29N3. The van der Waals surface area contributed by atoms with Crippen molar-refractivity contribution in [2.24, 2.45) is 17.6 Å². The van der Waals surface area contributed by atoms with Crippen LogP contribution in [0.3, 0.4) is 0 Å². The van der Waals surface area contributed by atoms with Crippen molar-refractivity contribution < 1.29 is 0 Å². The third kappa shape index (κ3) is 4.81. The van der Waals surface area contributed by atoms with Gasteiger partial charge in [0.1, 0.15) is 0 Å². The maximum absolute atomic E-state index is 6.11. The van der Waals surface area contributed by atoms with Crippen LogP contribution in [0.5, 0.6) is 0 Å². The minimum Gasteiger partial charge on any atom is -0.326 e. The molecule has 1 heterocycles. The quantitative estimate of drug-likeness (QED) is 0.767. The predicted molar refractivity (Wildman–Crippen MR) is 70.5 cm³/mol. The van der Waals surface area contributed by atoms with Crippen LogP contribution in [0, 0.1) is 11.8 Å². The van der Waals surface area contributed by atoms with Gasteiger partial charge < -0.3 is 10.6 Å². The molecule has 1 rings (SSSR count). The van der Waals surface area contributed by atoms with Crippen molar-refractivity contribution in [3.05, 3.63) is 0 Å². The molecule has 1 saturated heterocycles. The van der Waals surface area contributed by atoms with Crippen LogP contribution in [0.1, 0.15) is 27.7 Å². The zero-order chi connectivity index (χ0) is 12.1. The van der Waals surface area contributed by atoms with E-state index in [0.29, 0.717) is 12.0 Å². The van der Waals surface area contributed by atoms with Gasteiger partial charge in [0, 0.05) is 45.3 Å². The molecule has 0 amide bonds. The Morgan fingerprint density at radius 3 is 1.69 bits per heavy atom. The summed E-state index contributed by atoms with van der Waals surface area (Å²) in [5, 5.41) is 0. The van der Waals surface area contributed by atoms with Crippen molar-refractivity contribution in [2.45, 2.75) is 33.7 Å². The van der Waals surface area contributed by atoms with E-state index < -0.39 is 0 Å². The summed E-state index contributed by atoms with van der Waals surface area (Å²) in [4.78, 5) is 5.09. The first-order valence-corrected chi connectivity index (χ1v) is 6.69. The fourth-order valence-corrected chi connectivity index (χ4v) is 2.18. The van der Waals surface area contributed by atoms with Crippen molar-refractivity contribution in [1.82, 2.24) is 9.80 Å². The van der Waals surface area contributed by atoms with E-state index in [2.05, 4.69) is 37.5 Å². The van der Waals surface area contributed by atoms with E-state index in [-0.39, 0.29) is 0 Å². The Balaban J connectivity index is 2.21. The number of hydrogen-bond donors (Lipinski definition) is 1. The summed E-state index contributed by atoms with van der Waals surface area (Å²) < 4.78 is 0. The molecule has 0 radical (unpaired) electrons. The van der Waals surface area contributed by atoms with Crippen molar-refractivity contribution in [3.8, 4) is 0 Å². The largest absolute Gasteiger partial charge is 0.326 e. The Morgan fingerprint density at radius 1 is 0.875 bits per heavy atom. The first-order chi connectivity index (χ1) is 7.49. The van der Waals surface area contributed by atoms with E-state index in [4.69, 9.17) is 5.73 Å². The molecule has 1 aliphatic heterocycles. The maximum atomic E-state index is 6.11. The van der Waals surface area contributed by atoms with E-state index >= 15 is 0 Å². The molecule has 0 saturated carbocycles. The molecule has 96 valence electrons. The lowest BCUT2D eigenvalue weighted by molar-refractivity contribution is 0.113. The van der Waals surface area contributed by atoms with Gasteiger partial charge in [-0.2, -0.15) is 0 Å². The molecule has 1 unspecified atom stereocenters. The maximum Gasteiger partial charge on any atom is 0.0191 e. The van der Waals surface area contributed by atoms with Gasteiger partial charge in [0.25, 0.3) is 0 Å². The summed E-state index contributed by atoms with van der Waals surface area (Å²) in [5.41, 5.74) is 6.11. The third-order valence-corrected chi connectivity index (χ3v) is 3.41. The first-order valence-electron chi connectivity index (χ1n) is 6.69. The van der Waals surface area contributed by atoms with E-state index in [1.54, 1.807) is 0 Å². The first kappa shape index (κ1) is 13.9. The number of piperazine rings is 1. The molecular weight excluding hydrogens is 198 g/mol. The highest BCUT2D eigenvalue weighted by Crippen LogP contribution is 2.07. The van der Waals surface area contributed by atoms with Gasteiger partial charge in [0.2, 0.25) is 0 Å². The summed E-state index contributed by atoms with van der Waals surface area (Å²) in [5.74, 6) is 1.37. The fourth-order valence-electron chi connectivity index (χ4n) is 2.18. The van der Waals surface area contributed by atoms with Crippen LogP contribution in [0.4, 0.5) is 0 Å². The van der Waals surface area contributed by atoms with Crippen molar-refractivity contribution in [1.29, 1.82) is 0 Å². The second kappa shape index (κ2) is 6.58. The van der Waals surface area contributed by atoms with Gasteiger partial charge in [0.05, 0.1) is 0 Å². The predicted octanol–water partition coefficient (Wildman–Crippen LogP) is 1.24. The second-order valence-electron chi connectivity index (χ2n) is 5.90. The number of hydrogen-bond acceptors (Lipinski definition) is 3. The minimum absolute atomic E-state index is 0.330. The van der Waals surface area contributed by atoms with Crippen molar-refractivity contribution >= 4 is 0 Å². The van der Waals surface area contributed by atoms with Crippen LogP contribution < -0.4 is 5.73 Å². The van der Waals surface area contributed by atoms with Gasteiger partial charge in [-0.1, -0.05) is 27.7 Å². The Morgan fingerprint density at radius 2 is 1.31 bits per heavy atom. The monoisotopic (exact) mass is 227 g/mol. The minimum atomic E-state index is 0.330. The molecule has 1 fully saturated rings. The smallest absolute Gasteiger partial charge is 0.0191 e. The van der Waals surface area contributed by atoms with Crippen LogP contribution in [-0.4, -0.2) is 55.1 Å². The molecule has 0 bridgehead atoms. The summed E-state index contributed by atoms with van der Waals surface area (Å²) in [6.45, 7) is 16.1. The van der Waals surface area contributed by atoms with Crippen molar-refractivity contribution in [3.63, 3.8) is 0 Å². The van der Waals surface area contributed by atoms with E-state index in [0.717, 1.165) is 12.5 Å². The van der Waals surface area contributed by atoms with Gasteiger partial charge in [-0.05, 0) is 11.8 Å². The Kier molecular flexibility index (Phi) is 5.73. The van der Waals surface area contributed by atoms with E-state index in [9.17, 15) is 0 Å². The molecule has 0 aromatic rings. The lowest BCUT2D eigenvalue weighted by atomic mass is 10.0. The van der Waals surface area contributed by atoms with E-state index in [1.807, 2.05) is 0 Å². The van der Waals surface area contributed by atoms with Crippen LogP contribution >= 0.6 is 0 Å². The highest BCUT2D eigenvalue weighted by atomic mass is 15.3. The normalized spacial score (nSPS) is 21.9. The molecule has 0 aromatic carbocycles. The average molecular weight is 227 g/mol. The highest BCUT2D eigenvalue weighted by molar-refractivity contribution is 4.77.